The molecule has 182 valence electrons. The molecule has 7 rings (SSSR count). The fourth-order valence-electron chi connectivity index (χ4n) is 6.45. The maximum Gasteiger partial charge on any atom is 0.0269 e. The summed E-state index contributed by atoms with van der Waals surface area (Å²) in [6.45, 7) is 6.82. The lowest BCUT2D eigenvalue weighted by atomic mass is 9.78. The molecule has 0 spiro atoms. The predicted molar refractivity (Wildman–Crippen MR) is 164 cm³/mol. The van der Waals surface area contributed by atoms with Gasteiger partial charge < -0.3 is 0 Å². The Hall–Kier alpha value is -4.38. The van der Waals surface area contributed by atoms with E-state index in [1.165, 1.54) is 71.3 Å². The van der Waals surface area contributed by atoms with Crippen LogP contribution in [0.5, 0.6) is 0 Å². The Morgan fingerprint density at radius 3 is 1.97 bits per heavy atom. The van der Waals surface area contributed by atoms with Gasteiger partial charge in [-0.05, 0) is 91.4 Å². The molecule has 0 nitrogen and oxygen atoms in total. The summed E-state index contributed by atoms with van der Waals surface area (Å²) >= 11 is 0. The average Bonchev–Trinajstić information content (AvgIpc) is 2.98. The van der Waals surface area contributed by atoms with Crippen molar-refractivity contribution in [2.24, 2.45) is 5.92 Å². The normalized spacial score (nSPS) is 17.8. The van der Waals surface area contributed by atoms with Crippen LogP contribution in [-0.4, -0.2) is 0 Å². The van der Waals surface area contributed by atoms with Gasteiger partial charge in [0, 0.05) is 11.1 Å². The van der Waals surface area contributed by atoms with E-state index < -0.39 is 0 Å². The third-order valence-corrected chi connectivity index (χ3v) is 8.28. The SMILES string of the molecule is C=C1C[C@H](C)C(c2ccccc2)=C=C1C1=C(c2ccc3c4ccccc4c4ccccc4c3c2)CCC=C1. The minimum absolute atomic E-state index is 0.408. The van der Waals surface area contributed by atoms with Crippen LogP contribution in [0.1, 0.15) is 37.3 Å². The molecule has 0 aliphatic heterocycles. The van der Waals surface area contributed by atoms with Crippen molar-refractivity contribution < 1.29 is 0 Å². The Bertz CT molecular complexity index is 1850. The van der Waals surface area contributed by atoms with E-state index in [2.05, 4.69) is 128 Å². The van der Waals surface area contributed by atoms with Crippen LogP contribution >= 0.6 is 0 Å². The highest BCUT2D eigenvalue weighted by Crippen LogP contribution is 2.42. The largest absolute Gasteiger partial charge is 0.108 e. The zero-order valence-corrected chi connectivity index (χ0v) is 21.8. The molecule has 0 aromatic heterocycles. The second kappa shape index (κ2) is 9.18. The lowest BCUT2D eigenvalue weighted by Crippen LogP contribution is -2.09. The number of hydrogen-bond donors (Lipinski definition) is 0. The zero-order chi connectivity index (χ0) is 25.6. The smallest absolute Gasteiger partial charge is 0.0269 e. The maximum absolute atomic E-state index is 4.52. The van der Waals surface area contributed by atoms with Crippen molar-refractivity contribution in [3.63, 3.8) is 0 Å². The Labute approximate surface area is 224 Å². The minimum atomic E-state index is 0.408. The van der Waals surface area contributed by atoms with Gasteiger partial charge in [0.2, 0.25) is 0 Å². The van der Waals surface area contributed by atoms with E-state index in [4.69, 9.17) is 0 Å². The third-order valence-electron chi connectivity index (χ3n) is 8.28. The summed E-state index contributed by atoms with van der Waals surface area (Å²) in [6, 6.07) is 35.4. The van der Waals surface area contributed by atoms with Crippen LogP contribution in [0.2, 0.25) is 0 Å². The topological polar surface area (TPSA) is 0 Å². The summed E-state index contributed by atoms with van der Waals surface area (Å²) in [5.41, 5.74) is 12.8. The molecule has 2 aliphatic carbocycles. The first kappa shape index (κ1) is 22.8. The highest BCUT2D eigenvalue weighted by atomic mass is 14.3. The van der Waals surface area contributed by atoms with Gasteiger partial charge in [-0.2, -0.15) is 0 Å². The molecular formula is C38H30. The first-order valence-electron chi connectivity index (χ1n) is 13.7. The molecule has 0 heteroatoms. The monoisotopic (exact) mass is 486 g/mol. The Morgan fingerprint density at radius 2 is 1.29 bits per heavy atom. The van der Waals surface area contributed by atoms with Crippen LogP contribution in [0.25, 0.3) is 43.5 Å². The van der Waals surface area contributed by atoms with Crippen molar-refractivity contribution in [2.45, 2.75) is 26.2 Å². The molecule has 2 aliphatic rings. The first-order valence-corrected chi connectivity index (χ1v) is 13.7. The van der Waals surface area contributed by atoms with Crippen molar-refractivity contribution in [2.75, 3.05) is 0 Å². The van der Waals surface area contributed by atoms with Gasteiger partial charge in [-0.1, -0.05) is 117 Å². The third kappa shape index (κ3) is 3.69. The van der Waals surface area contributed by atoms with Crippen molar-refractivity contribution in [1.29, 1.82) is 0 Å². The standard InChI is InChI=1S/C38H30/c1-25-22-26(2)37(24-36(25)27-12-4-3-5-13-27)30-15-7-6-14-29(30)28-20-21-35-33-18-9-8-16-31(33)32-17-10-11-19-34(32)38(35)23-28/h3-5,7-13,15-21,23,25H,2,6,14,22H2,1H3/t25-/m0/s1. The van der Waals surface area contributed by atoms with Gasteiger partial charge in [0.05, 0.1) is 0 Å². The fourth-order valence-corrected chi connectivity index (χ4v) is 6.45. The van der Waals surface area contributed by atoms with Gasteiger partial charge >= 0.3 is 0 Å². The van der Waals surface area contributed by atoms with Gasteiger partial charge in [0.25, 0.3) is 0 Å². The molecule has 0 bridgehead atoms. The highest BCUT2D eigenvalue weighted by molar-refractivity contribution is 6.25. The number of allylic oxidation sites excluding steroid dienone is 6. The van der Waals surface area contributed by atoms with Crippen LogP contribution in [-0.2, 0) is 0 Å². The summed E-state index contributed by atoms with van der Waals surface area (Å²) in [7, 11) is 0. The summed E-state index contributed by atoms with van der Waals surface area (Å²) in [5, 5.41) is 7.91. The van der Waals surface area contributed by atoms with E-state index in [9.17, 15) is 0 Å². The number of hydrogen-bond acceptors (Lipinski definition) is 0. The molecule has 1 atom stereocenters. The molecule has 0 unspecified atom stereocenters. The van der Waals surface area contributed by atoms with Gasteiger partial charge in [-0.25, -0.2) is 0 Å². The van der Waals surface area contributed by atoms with Gasteiger partial charge in [0.1, 0.15) is 0 Å². The Balaban J connectivity index is 1.49. The van der Waals surface area contributed by atoms with Gasteiger partial charge in [0.15, 0.2) is 0 Å². The predicted octanol–water partition coefficient (Wildman–Crippen LogP) is 10.5. The number of rotatable bonds is 3. The molecule has 5 aromatic rings. The summed E-state index contributed by atoms with van der Waals surface area (Å²) < 4.78 is 0. The second-order valence-electron chi connectivity index (χ2n) is 10.7. The van der Waals surface area contributed by atoms with Crippen LogP contribution in [0.3, 0.4) is 0 Å². The van der Waals surface area contributed by atoms with Crippen molar-refractivity contribution >= 4 is 43.5 Å². The lowest BCUT2D eigenvalue weighted by molar-refractivity contribution is 0.735. The Morgan fingerprint density at radius 1 is 0.684 bits per heavy atom. The van der Waals surface area contributed by atoms with Crippen LogP contribution in [0, 0.1) is 5.92 Å². The van der Waals surface area contributed by atoms with Crippen LogP contribution in [0.4, 0.5) is 0 Å². The van der Waals surface area contributed by atoms with E-state index >= 15 is 0 Å². The number of fused-ring (bicyclic) bond motifs is 6. The van der Waals surface area contributed by atoms with E-state index in [1.54, 1.807) is 0 Å². The zero-order valence-electron chi connectivity index (χ0n) is 21.8. The Kier molecular flexibility index (Phi) is 5.50. The molecule has 0 N–H and O–H groups in total. The van der Waals surface area contributed by atoms with Crippen molar-refractivity contribution in [3.8, 4) is 0 Å². The van der Waals surface area contributed by atoms with Crippen molar-refractivity contribution in [1.82, 2.24) is 0 Å². The molecule has 0 fully saturated rings. The van der Waals surface area contributed by atoms with E-state index in [1.807, 2.05) is 0 Å². The molecule has 0 radical (unpaired) electrons. The average molecular weight is 487 g/mol. The minimum Gasteiger partial charge on any atom is -0.108 e. The summed E-state index contributed by atoms with van der Waals surface area (Å²) in [4.78, 5) is 0. The lowest BCUT2D eigenvalue weighted by Gasteiger charge is -2.26. The van der Waals surface area contributed by atoms with E-state index in [0.717, 1.165) is 19.3 Å². The molecule has 38 heavy (non-hydrogen) atoms. The van der Waals surface area contributed by atoms with Crippen LogP contribution in [0.15, 0.2) is 138 Å². The van der Waals surface area contributed by atoms with Crippen LogP contribution < -0.4 is 0 Å². The summed E-state index contributed by atoms with van der Waals surface area (Å²) in [6.07, 6.45) is 7.67. The molecule has 0 saturated heterocycles. The van der Waals surface area contributed by atoms with E-state index in [-0.39, 0.29) is 0 Å². The van der Waals surface area contributed by atoms with Crippen molar-refractivity contribution in [3.05, 3.63) is 149 Å². The quantitative estimate of drug-likeness (QED) is 0.176. The molecule has 0 saturated carbocycles. The second-order valence-corrected chi connectivity index (χ2v) is 10.7. The highest BCUT2D eigenvalue weighted by Gasteiger charge is 2.24. The molecule has 0 amide bonds. The molecule has 0 heterocycles. The first-order chi connectivity index (χ1) is 18.7. The van der Waals surface area contributed by atoms with Gasteiger partial charge in [-0.3, -0.25) is 0 Å². The molecular weight excluding hydrogens is 456 g/mol. The van der Waals surface area contributed by atoms with E-state index in [0.29, 0.717) is 5.92 Å². The summed E-state index contributed by atoms with van der Waals surface area (Å²) in [5.74, 6) is 0.408. The molecule has 5 aromatic carbocycles. The van der Waals surface area contributed by atoms with Gasteiger partial charge in [-0.15, -0.1) is 5.73 Å². The maximum atomic E-state index is 4.52. The number of benzene rings is 5. The fraction of sp³-hybridized carbons (Fsp3) is 0.132.